The molecule has 0 saturated carbocycles. The first-order valence-electron chi connectivity index (χ1n) is 6.39. The number of aliphatic hydroxyl groups is 1. The van der Waals surface area contributed by atoms with Crippen molar-refractivity contribution >= 4 is 10.1 Å². The van der Waals surface area contributed by atoms with Crippen LogP contribution in [-0.2, 0) is 20.9 Å². The van der Waals surface area contributed by atoms with Gasteiger partial charge in [-0.25, -0.2) is 0 Å². The SMILES string of the molecule is O=S(=O)(C[C@@H](O)[C@@H]1CCCN1)OCc1ccccc1. The Balaban J connectivity index is 1.84. The van der Waals surface area contributed by atoms with Gasteiger partial charge in [0.2, 0.25) is 0 Å². The molecule has 0 bridgehead atoms. The summed E-state index contributed by atoms with van der Waals surface area (Å²) in [5, 5.41) is 12.9. The van der Waals surface area contributed by atoms with Crippen LogP contribution in [0, 0.1) is 0 Å². The minimum Gasteiger partial charge on any atom is -0.390 e. The summed E-state index contributed by atoms with van der Waals surface area (Å²) in [5.41, 5.74) is 0.791. The molecule has 6 heteroatoms. The molecule has 1 aliphatic rings. The smallest absolute Gasteiger partial charge is 0.270 e. The highest BCUT2D eigenvalue weighted by atomic mass is 32.2. The lowest BCUT2D eigenvalue weighted by Gasteiger charge is -2.17. The van der Waals surface area contributed by atoms with E-state index in [1.165, 1.54) is 0 Å². The second kappa shape index (κ2) is 6.47. The van der Waals surface area contributed by atoms with Gasteiger partial charge >= 0.3 is 0 Å². The van der Waals surface area contributed by atoms with Crippen LogP contribution in [0.15, 0.2) is 30.3 Å². The van der Waals surface area contributed by atoms with Gasteiger partial charge in [0, 0.05) is 6.04 Å². The summed E-state index contributed by atoms with van der Waals surface area (Å²) >= 11 is 0. The highest BCUT2D eigenvalue weighted by Gasteiger charge is 2.27. The zero-order valence-electron chi connectivity index (χ0n) is 10.7. The maximum atomic E-state index is 11.8. The lowest BCUT2D eigenvalue weighted by Crippen LogP contribution is -2.39. The zero-order valence-corrected chi connectivity index (χ0v) is 11.5. The van der Waals surface area contributed by atoms with Crippen LogP contribution in [0.25, 0.3) is 0 Å². The molecule has 1 fully saturated rings. The van der Waals surface area contributed by atoms with Crippen LogP contribution in [-0.4, -0.2) is 38.0 Å². The fourth-order valence-electron chi connectivity index (χ4n) is 2.15. The van der Waals surface area contributed by atoms with Gasteiger partial charge < -0.3 is 10.4 Å². The van der Waals surface area contributed by atoms with Gasteiger partial charge in [0.1, 0.15) is 5.75 Å². The number of hydrogen-bond acceptors (Lipinski definition) is 5. The maximum absolute atomic E-state index is 11.8. The van der Waals surface area contributed by atoms with Gasteiger partial charge in [-0.05, 0) is 24.9 Å². The summed E-state index contributed by atoms with van der Waals surface area (Å²) in [7, 11) is -3.71. The minimum absolute atomic E-state index is 0.00793. The van der Waals surface area contributed by atoms with Gasteiger partial charge in [0.15, 0.2) is 0 Å². The number of hydrogen-bond donors (Lipinski definition) is 2. The number of rotatable bonds is 6. The van der Waals surface area contributed by atoms with E-state index in [1.54, 1.807) is 12.1 Å². The van der Waals surface area contributed by atoms with Crippen molar-refractivity contribution in [2.75, 3.05) is 12.3 Å². The van der Waals surface area contributed by atoms with Crippen LogP contribution in [0.3, 0.4) is 0 Å². The van der Waals surface area contributed by atoms with Crippen LogP contribution in [0.5, 0.6) is 0 Å². The second-order valence-corrected chi connectivity index (χ2v) is 6.43. The average molecular weight is 285 g/mol. The van der Waals surface area contributed by atoms with Crippen molar-refractivity contribution in [3.63, 3.8) is 0 Å². The van der Waals surface area contributed by atoms with Crippen molar-refractivity contribution in [2.24, 2.45) is 0 Å². The van der Waals surface area contributed by atoms with Crippen molar-refractivity contribution in [1.29, 1.82) is 0 Å². The summed E-state index contributed by atoms with van der Waals surface area (Å²) in [6, 6.07) is 8.95. The van der Waals surface area contributed by atoms with Crippen LogP contribution in [0.4, 0.5) is 0 Å². The van der Waals surface area contributed by atoms with Gasteiger partial charge in [-0.15, -0.1) is 0 Å². The number of nitrogens with one attached hydrogen (secondary N) is 1. The van der Waals surface area contributed by atoms with Crippen LogP contribution in [0.1, 0.15) is 18.4 Å². The molecule has 1 aromatic carbocycles. The summed E-state index contributed by atoms with van der Waals surface area (Å²) < 4.78 is 28.5. The third kappa shape index (κ3) is 4.58. The van der Waals surface area contributed by atoms with Crippen molar-refractivity contribution in [3.8, 4) is 0 Å². The highest BCUT2D eigenvalue weighted by molar-refractivity contribution is 7.86. The van der Waals surface area contributed by atoms with Gasteiger partial charge in [-0.1, -0.05) is 30.3 Å². The van der Waals surface area contributed by atoms with Crippen molar-refractivity contribution in [2.45, 2.75) is 31.6 Å². The van der Waals surface area contributed by atoms with Crippen molar-refractivity contribution < 1.29 is 17.7 Å². The average Bonchev–Trinajstić information content (AvgIpc) is 2.91. The molecule has 0 aromatic heterocycles. The van der Waals surface area contributed by atoms with Gasteiger partial charge in [-0.2, -0.15) is 8.42 Å². The van der Waals surface area contributed by atoms with E-state index in [2.05, 4.69) is 5.32 Å². The molecule has 106 valence electrons. The summed E-state index contributed by atoms with van der Waals surface area (Å²) in [4.78, 5) is 0. The molecule has 0 amide bonds. The Kier molecular flexibility index (Phi) is 4.93. The van der Waals surface area contributed by atoms with E-state index >= 15 is 0 Å². The molecule has 1 aromatic rings. The normalized spacial score (nSPS) is 21.4. The first kappa shape index (κ1) is 14.5. The molecule has 2 N–H and O–H groups in total. The molecule has 0 aliphatic carbocycles. The van der Waals surface area contributed by atoms with Crippen LogP contribution in [0.2, 0.25) is 0 Å². The molecule has 19 heavy (non-hydrogen) atoms. The van der Waals surface area contributed by atoms with E-state index in [0.29, 0.717) is 0 Å². The first-order valence-corrected chi connectivity index (χ1v) is 7.97. The van der Waals surface area contributed by atoms with E-state index in [9.17, 15) is 13.5 Å². The van der Waals surface area contributed by atoms with Crippen molar-refractivity contribution in [3.05, 3.63) is 35.9 Å². The Morgan fingerprint density at radius 2 is 2.11 bits per heavy atom. The topological polar surface area (TPSA) is 75.6 Å². The molecule has 0 radical (unpaired) electrons. The Labute approximate surface area is 113 Å². The first-order chi connectivity index (χ1) is 9.07. The fraction of sp³-hybridized carbons (Fsp3) is 0.538. The molecule has 1 aliphatic heterocycles. The Bertz CT molecular complexity index is 483. The second-order valence-electron chi connectivity index (χ2n) is 4.74. The molecular weight excluding hydrogens is 266 g/mol. The predicted octanol–water partition coefficient (Wildman–Crippen LogP) is 0.646. The Morgan fingerprint density at radius 1 is 1.37 bits per heavy atom. The fourth-order valence-corrected chi connectivity index (χ4v) is 3.21. The largest absolute Gasteiger partial charge is 0.390 e. The van der Waals surface area contributed by atoms with E-state index in [1.807, 2.05) is 18.2 Å². The molecule has 1 heterocycles. The predicted molar refractivity (Wildman–Crippen MR) is 72.0 cm³/mol. The molecule has 2 rings (SSSR count). The lowest BCUT2D eigenvalue weighted by molar-refractivity contribution is 0.152. The van der Waals surface area contributed by atoms with Crippen molar-refractivity contribution in [1.82, 2.24) is 5.32 Å². The van der Waals surface area contributed by atoms with Crippen LogP contribution >= 0.6 is 0 Å². The van der Waals surface area contributed by atoms with E-state index < -0.39 is 16.2 Å². The highest BCUT2D eigenvalue weighted by Crippen LogP contribution is 2.12. The molecule has 5 nitrogen and oxygen atoms in total. The summed E-state index contributed by atoms with van der Waals surface area (Å²) in [6.45, 7) is 0.834. The Morgan fingerprint density at radius 3 is 2.74 bits per heavy atom. The monoisotopic (exact) mass is 285 g/mol. The van der Waals surface area contributed by atoms with Gasteiger partial charge in [-0.3, -0.25) is 4.18 Å². The van der Waals surface area contributed by atoms with E-state index in [-0.39, 0.29) is 18.4 Å². The molecule has 0 spiro atoms. The molecule has 0 unspecified atom stereocenters. The third-order valence-electron chi connectivity index (χ3n) is 3.19. The maximum Gasteiger partial charge on any atom is 0.270 e. The molecule has 2 atom stereocenters. The van der Waals surface area contributed by atoms with E-state index in [0.717, 1.165) is 24.9 Å². The summed E-state index contributed by atoms with van der Waals surface area (Å²) in [5.74, 6) is -0.364. The molecule has 1 saturated heterocycles. The lowest BCUT2D eigenvalue weighted by atomic mass is 10.1. The van der Waals surface area contributed by atoms with Gasteiger partial charge in [0.05, 0.1) is 12.7 Å². The van der Waals surface area contributed by atoms with Gasteiger partial charge in [0.25, 0.3) is 10.1 Å². The summed E-state index contributed by atoms with van der Waals surface area (Å²) in [6.07, 6.45) is 0.852. The third-order valence-corrected chi connectivity index (χ3v) is 4.41. The number of benzene rings is 1. The van der Waals surface area contributed by atoms with Crippen LogP contribution < -0.4 is 5.32 Å². The quantitative estimate of drug-likeness (QED) is 0.750. The Hall–Kier alpha value is -0.950. The van der Waals surface area contributed by atoms with E-state index in [4.69, 9.17) is 4.18 Å². The standard InChI is InChI=1S/C13H19NO4S/c15-13(12-7-4-8-14-12)10-19(16,17)18-9-11-5-2-1-3-6-11/h1-3,5-6,12-15H,4,7-10H2/t12-,13+/m0/s1. The minimum atomic E-state index is -3.71. The zero-order chi connectivity index (χ0) is 13.7. The number of aliphatic hydroxyl groups excluding tert-OH is 1. The molecular formula is C13H19NO4S.